The predicted molar refractivity (Wildman–Crippen MR) is 66.1 cm³/mol. The number of nitro benzene ring substituents is 1. The highest BCUT2D eigenvalue weighted by Gasteiger charge is 2.33. The van der Waals surface area contributed by atoms with Crippen LogP contribution < -0.4 is 5.32 Å². The van der Waals surface area contributed by atoms with Crippen molar-refractivity contribution in [3.8, 4) is 5.75 Å². The molecular weight excluding hydrogens is 252 g/mol. The van der Waals surface area contributed by atoms with Gasteiger partial charge >= 0.3 is 0 Å². The minimum absolute atomic E-state index is 0.155. The Balaban J connectivity index is 2.27. The minimum atomic E-state index is -0.651. The van der Waals surface area contributed by atoms with Gasteiger partial charge in [0.2, 0.25) is 0 Å². The van der Waals surface area contributed by atoms with Gasteiger partial charge in [-0.05, 0) is 25.5 Å². The fourth-order valence-corrected chi connectivity index (χ4v) is 1.97. The SMILES string of the molecule is CC1(NC(=O)c2cc(O)ccc2[N+](=O)[O-])CCOC1. The highest BCUT2D eigenvalue weighted by molar-refractivity contribution is 5.99. The lowest BCUT2D eigenvalue weighted by Crippen LogP contribution is -2.46. The van der Waals surface area contributed by atoms with Crippen molar-refractivity contribution >= 4 is 11.6 Å². The molecule has 0 bridgehead atoms. The second-order valence-corrected chi connectivity index (χ2v) is 4.78. The number of amides is 1. The van der Waals surface area contributed by atoms with Gasteiger partial charge in [-0.2, -0.15) is 0 Å². The summed E-state index contributed by atoms with van der Waals surface area (Å²) in [5, 5.41) is 23.0. The summed E-state index contributed by atoms with van der Waals surface area (Å²) in [5.41, 5.74) is -1.02. The van der Waals surface area contributed by atoms with Gasteiger partial charge in [0.15, 0.2) is 0 Å². The zero-order valence-corrected chi connectivity index (χ0v) is 10.4. The summed E-state index contributed by atoms with van der Waals surface area (Å²) in [5.74, 6) is -0.779. The van der Waals surface area contributed by atoms with E-state index in [4.69, 9.17) is 4.74 Å². The third-order valence-corrected chi connectivity index (χ3v) is 3.06. The molecule has 1 aromatic carbocycles. The summed E-state index contributed by atoms with van der Waals surface area (Å²) in [6, 6.07) is 3.37. The summed E-state index contributed by atoms with van der Waals surface area (Å²) in [4.78, 5) is 22.3. The van der Waals surface area contributed by atoms with E-state index in [9.17, 15) is 20.0 Å². The molecule has 1 amide bonds. The van der Waals surface area contributed by atoms with Gasteiger partial charge in [-0.3, -0.25) is 14.9 Å². The number of nitrogens with one attached hydrogen (secondary N) is 1. The van der Waals surface area contributed by atoms with Crippen LogP contribution in [0.2, 0.25) is 0 Å². The molecule has 7 nitrogen and oxygen atoms in total. The molecule has 102 valence electrons. The molecule has 1 aromatic rings. The van der Waals surface area contributed by atoms with Crippen LogP contribution in [0, 0.1) is 10.1 Å². The van der Waals surface area contributed by atoms with Crippen molar-refractivity contribution in [3.05, 3.63) is 33.9 Å². The van der Waals surface area contributed by atoms with Crippen molar-refractivity contribution < 1.29 is 19.6 Å². The molecule has 19 heavy (non-hydrogen) atoms. The molecule has 1 aliphatic rings. The van der Waals surface area contributed by atoms with Crippen molar-refractivity contribution in [2.75, 3.05) is 13.2 Å². The number of benzene rings is 1. The first-order valence-corrected chi connectivity index (χ1v) is 5.79. The lowest BCUT2D eigenvalue weighted by Gasteiger charge is -2.23. The molecular formula is C12H14N2O5. The van der Waals surface area contributed by atoms with Crippen LogP contribution in [-0.2, 0) is 4.74 Å². The van der Waals surface area contributed by atoms with Gasteiger partial charge in [0, 0.05) is 12.7 Å². The Bertz CT molecular complexity index is 523. The normalized spacial score (nSPS) is 22.2. The number of ether oxygens (including phenoxy) is 1. The molecule has 0 radical (unpaired) electrons. The summed E-state index contributed by atoms with van der Waals surface area (Å²) in [6.45, 7) is 2.72. The second-order valence-electron chi connectivity index (χ2n) is 4.78. The van der Waals surface area contributed by atoms with Crippen molar-refractivity contribution in [1.29, 1.82) is 0 Å². The van der Waals surface area contributed by atoms with E-state index in [1.807, 2.05) is 6.92 Å². The lowest BCUT2D eigenvalue weighted by atomic mass is 10.0. The number of phenols is 1. The van der Waals surface area contributed by atoms with Crippen LogP contribution >= 0.6 is 0 Å². The number of carbonyl (C=O) groups is 1. The third-order valence-electron chi connectivity index (χ3n) is 3.06. The number of nitrogens with zero attached hydrogens (tertiary/aromatic N) is 1. The third kappa shape index (κ3) is 2.82. The number of rotatable bonds is 3. The average Bonchev–Trinajstić information content (AvgIpc) is 2.75. The summed E-state index contributed by atoms with van der Waals surface area (Å²) < 4.78 is 5.20. The number of hydrogen-bond acceptors (Lipinski definition) is 5. The molecule has 0 saturated carbocycles. The van der Waals surface area contributed by atoms with Crippen molar-refractivity contribution in [2.24, 2.45) is 0 Å². The first kappa shape index (κ1) is 13.3. The molecule has 1 heterocycles. The van der Waals surface area contributed by atoms with Crippen LogP contribution in [0.4, 0.5) is 5.69 Å². The number of phenolic OH excluding ortho intramolecular Hbond substituents is 1. The van der Waals surface area contributed by atoms with E-state index in [0.29, 0.717) is 19.6 Å². The number of carbonyl (C=O) groups excluding carboxylic acids is 1. The first-order valence-electron chi connectivity index (χ1n) is 5.79. The smallest absolute Gasteiger partial charge is 0.282 e. The topological polar surface area (TPSA) is 102 Å². The minimum Gasteiger partial charge on any atom is -0.508 e. The van der Waals surface area contributed by atoms with Crippen LogP contribution in [-0.4, -0.2) is 34.7 Å². The van der Waals surface area contributed by atoms with E-state index < -0.39 is 16.4 Å². The van der Waals surface area contributed by atoms with Gasteiger partial charge in [0.05, 0.1) is 17.1 Å². The predicted octanol–water partition coefficient (Wildman–Crippen LogP) is 1.21. The molecule has 0 aromatic heterocycles. The van der Waals surface area contributed by atoms with E-state index in [1.165, 1.54) is 6.07 Å². The number of aromatic hydroxyl groups is 1. The largest absolute Gasteiger partial charge is 0.508 e. The Kier molecular flexibility index (Phi) is 3.39. The van der Waals surface area contributed by atoms with Crippen LogP contribution in [0.15, 0.2) is 18.2 Å². The molecule has 1 aliphatic heterocycles. The second kappa shape index (κ2) is 4.85. The molecule has 2 N–H and O–H groups in total. The van der Waals surface area contributed by atoms with Crippen molar-refractivity contribution in [2.45, 2.75) is 18.9 Å². The Hall–Kier alpha value is -2.15. The standard InChI is InChI=1S/C12H14N2O5/c1-12(4-5-19-7-12)13-11(16)9-6-8(15)2-3-10(9)14(17)18/h2-3,6,15H,4-5,7H2,1H3,(H,13,16). The number of nitro groups is 1. The molecule has 0 aliphatic carbocycles. The van der Waals surface area contributed by atoms with Gasteiger partial charge in [-0.25, -0.2) is 0 Å². The van der Waals surface area contributed by atoms with E-state index in [0.717, 1.165) is 12.1 Å². The molecule has 1 saturated heterocycles. The molecule has 1 unspecified atom stereocenters. The van der Waals surface area contributed by atoms with E-state index in [1.54, 1.807) is 0 Å². The average molecular weight is 266 g/mol. The van der Waals surface area contributed by atoms with Crippen LogP contribution in [0.5, 0.6) is 5.75 Å². The van der Waals surface area contributed by atoms with E-state index in [-0.39, 0.29) is 17.0 Å². The van der Waals surface area contributed by atoms with Gasteiger partial charge in [0.1, 0.15) is 11.3 Å². The van der Waals surface area contributed by atoms with Crippen LogP contribution in [0.1, 0.15) is 23.7 Å². The summed E-state index contributed by atoms with van der Waals surface area (Å²) in [6.07, 6.45) is 0.644. The lowest BCUT2D eigenvalue weighted by molar-refractivity contribution is -0.385. The Morgan fingerprint density at radius 1 is 1.58 bits per heavy atom. The van der Waals surface area contributed by atoms with Gasteiger partial charge < -0.3 is 15.2 Å². The maximum atomic E-state index is 12.1. The van der Waals surface area contributed by atoms with Gasteiger partial charge in [-0.15, -0.1) is 0 Å². The first-order chi connectivity index (χ1) is 8.91. The van der Waals surface area contributed by atoms with Crippen molar-refractivity contribution in [3.63, 3.8) is 0 Å². The Labute approximate surface area is 109 Å². The van der Waals surface area contributed by atoms with Crippen LogP contribution in [0.25, 0.3) is 0 Å². The van der Waals surface area contributed by atoms with Gasteiger partial charge in [0.25, 0.3) is 11.6 Å². The molecule has 2 rings (SSSR count). The molecule has 7 heteroatoms. The number of hydrogen-bond donors (Lipinski definition) is 2. The highest BCUT2D eigenvalue weighted by atomic mass is 16.6. The molecule has 0 spiro atoms. The zero-order valence-electron chi connectivity index (χ0n) is 10.4. The monoisotopic (exact) mass is 266 g/mol. The maximum absolute atomic E-state index is 12.1. The Morgan fingerprint density at radius 2 is 2.32 bits per heavy atom. The quantitative estimate of drug-likeness (QED) is 0.632. The summed E-state index contributed by atoms with van der Waals surface area (Å²) in [7, 11) is 0. The van der Waals surface area contributed by atoms with E-state index in [2.05, 4.69) is 5.32 Å². The summed E-state index contributed by atoms with van der Waals surface area (Å²) >= 11 is 0. The highest BCUT2D eigenvalue weighted by Crippen LogP contribution is 2.25. The fraction of sp³-hybridized carbons (Fsp3) is 0.417. The van der Waals surface area contributed by atoms with Gasteiger partial charge in [-0.1, -0.05) is 0 Å². The van der Waals surface area contributed by atoms with Crippen LogP contribution in [0.3, 0.4) is 0 Å². The zero-order chi connectivity index (χ0) is 14.0. The molecule has 1 fully saturated rings. The molecule has 1 atom stereocenters. The van der Waals surface area contributed by atoms with Crippen molar-refractivity contribution in [1.82, 2.24) is 5.32 Å². The Morgan fingerprint density at radius 3 is 2.89 bits per heavy atom. The van der Waals surface area contributed by atoms with E-state index >= 15 is 0 Å². The maximum Gasteiger partial charge on any atom is 0.282 e. The fourth-order valence-electron chi connectivity index (χ4n) is 1.97.